The molecule has 0 saturated heterocycles. The Morgan fingerprint density at radius 3 is 2.36 bits per heavy atom. The third kappa shape index (κ3) is 4.80. The van der Waals surface area contributed by atoms with Gasteiger partial charge in [0.1, 0.15) is 4.90 Å². The lowest BCUT2D eigenvalue weighted by molar-refractivity contribution is 0.0939. The highest BCUT2D eigenvalue weighted by atomic mass is 35.5. The maximum Gasteiger partial charge on any atom is 0.287 e. The van der Waals surface area contributed by atoms with Gasteiger partial charge in [-0.15, -0.1) is 4.83 Å². The molecule has 3 aromatic carbocycles. The van der Waals surface area contributed by atoms with E-state index in [1.165, 1.54) is 16.8 Å². The van der Waals surface area contributed by atoms with E-state index >= 15 is 0 Å². The molecule has 0 unspecified atom stereocenters. The quantitative estimate of drug-likeness (QED) is 0.410. The van der Waals surface area contributed by atoms with Gasteiger partial charge in [-0.25, -0.2) is 13.1 Å². The Morgan fingerprint density at radius 1 is 1.00 bits per heavy atom. The van der Waals surface area contributed by atoms with E-state index in [0.717, 1.165) is 11.1 Å². The molecule has 0 atom stereocenters. The third-order valence-corrected chi connectivity index (χ3v) is 6.66. The highest BCUT2D eigenvalue weighted by molar-refractivity contribution is 7.89. The second-order valence-electron chi connectivity index (χ2n) is 7.34. The first-order valence-electron chi connectivity index (χ1n) is 9.88. The van der Waals surface area contributed by atoms with Crippen LogP contribution in [0.3, 0.4) is 0 Å². The summed E-state index contributed by atoms with van der Waals surface area (Å²) >= 11 is 6.06. The third-order valence-electron chi connectivity index (χ3n) is 4.93. The summed E-state index contributed by atoms with van der Waals surface area (Å²) in [6.07, 6.45) is 0. The molecule has 0 saturated carbocycles. The minimum atomic E-state index is -4.14. The number of halogens is 1. The van der Waals surface area contributed by atoms with Crippen molar-refractivity contribution in [2.24, 2.45) is 0 Å². The molecule has 33 heavy (non-hydrogen) atoms. The second-order valence-corrected chi connectivity index (χ2v) is 9.39. The van der Waals surface area contributed by atoms with Crippen molar-refractivity contribution < 1.29 is 13.2 Å². The van der Waals surface area contributed by atoms with Crippen LogP contribution in [0.1, 0.15) is 21.6 Å². The number of hydrogen-bond acceptors (Lipinski definition) is 5. The molecule has 4 aromatic rings. The number of carbonyl (C=O) groups is 1. The van der Waals surface area contributed by atoms with Crippen LogP contribution in [0, 0.1) is 6.92 Å². The summed E-state index contributed by atoms with van der Waals surface area (Å²) in [7, 11) is -4.14. The largest absolute Gasteiger partial charge is 0.287 e. The highest BCUT2D eigenvalue weighted by Gasteiger charge is 2.22. The smallest absolute Gasteiger partial charge is 0.272 e. The molecule has 8 nitrogen and oxygen atoms in total. The summed E-state index contributed by atoms with van der Waals surface area (Å²) in [5.74, 6) is -0.820. The fraction of sp³-hybridized carbons (Fsp3) is 0.0870. The number of carbonyl (C=O) groups excluding carboxylic acids is 1. The number of aryl methyl sites for hydroxylation is 1. The molecule has 0 spiro atoms. The molecule has 4 rings (SSSR count). The lowest BCUT2D eigenvalue weighted by Gasteiger charge is -2.13. The van der Waals surface area contributed by atoms with Gasteiger partial charge in [-0.2, -0.15) is 5.10 Å². The molecule has 0 radical (unpaired) electrons. The second kappa shape index (κ2) is 9.14. The van der Waals surface area contributed by atoms with E-state index in [1.54, 1.807) is 37.3 Å². The van der Waals surface area contributed by atoms with E-state index in [0.29, 0.717) is 5.39 Å². The van der Waals surface area contributed by atoms with Crippen molar-refractivity contribution in [2.45, 2.75) is 18.4 Å². The first-order chi connectivity index (χ1) is 15.8. The minimum absolute atomic E-state index is 0.0248. The first kappa shape index (κ1) is 22.7. The van der Waals surface area contributed by atoms with Gasteiger partial charge >= 0.3 is 0 Å². The average Bonchev–Trinajstić information content (AvgIpc) is 2.80. The molecule has 1 heterocycles. The molecule has 168 valence electrons. The summed E-state index contributed by atoms with van der Waals surface area (Å²) < 4.78 is 26.5. The van der Waals surface area contributed by atoms with Gasteiger partial charge in [0, 0.05) is 5.39 Å². The standard InChI is InChI=1S/C23H19ClN4O4S/c1-15-11-12-20(19(24)13-15)33(31,32)27-25-22(29)21-17-9-5-6-10-18(17)23(30)28(26-21)14-16-7-3-2-4-8-16/h2-13,27H,14H2,1H3,(H,25,29). The van der Waals surface area contributed by atoms with Crippen LogP contribution in [-0.4, -0.2) is 24.1 Å². The number of nitrogens with zero attached hydrogens (tertiary/aromatic N) is 2. The monoisotopic (exact) mass is 482 g/mol. The molecule has 0 aliphatic rings. The van der Waals surface area contributed by atoms with E-state index in [4.69, 9.17) is 11.6 Å². The Hall–Kier alpha value is -3.53. The Morgan fingerprint density at radius 2 is 1.67 bits per heavy atom. The normalized spacial score (nSPS) is 11.5. The summed E-state index contributed by atoms with van der Waals surface area (Å²) in [6, 6.07) is 20.2. The lowest BCUT2D eigenvalue weighted by Crippen LogP contribution is -2.42. The number of hydrazine groups is 1. The van der Waals surface area contributed by atoms with Gasteiger partial charge in [-0.1, -0.05) is 66.2 Å². The molecule has 10 heteroatoms. The molecule has 2 N–H and O–H groups in total. The Labute approximate surface area is 194 Å². The summed E-state index contributed by atoms with van der Waals surface area (Å²) in [6.45, 7) is 1.92. The van der Waals surface area contributed by atoms with Gasteiger partial charge in [0.15, 0.2) is 5.69 Å². The summed E-state index contributed by atoms with van der Waals surface area (Å²) in [5, 5.41) is 4.85. The van der Waals surface area contributed by atoms with Gasteiger partial charge in [0.05, 0.1) is 17.0 Å². The summed E-state index contributed by atoms with van der Waals surface area (Å²) in [4.78, 5) is 27.7. The Balaban J connectivity index is 1.67. The van der Waals surface area contributed by atoms with Crippen LogP contribution in [0.4, 0.5) is 0 Å². The van der Waals surface area contributed by atoms with Gasteiger partial charge in [0.25, 0.3) is 21.5 Å². The van der Waals surface area contributed by atoms with Crippen molar-refractivity contribution in [2.75, 3.05) is 0 Å². The number of aromatic nitrogens is 2. The number of benzene rings is 3. The van der Waals surface area contributed by atoms with Gasteiger partial charge < -0.3 is 0 Å². The van der Waals surface area contributed by atoms with Crippen molar-refractivity contribution in [3.8, 4) is 0 Å². The van der Waals surface area contributed by atoms with Crippen LogP contribution >= 0.6 is 11.6 Å². The number of hydrogen-bond donors (Lipinski definition) is 2. The number of amides is 1. The van der Waals surface area contributed by atoms with E-state index < -0.39 is 15.9 Å². The predicted molar refractivity (Wildman–Crippen MR) is 126 cm³/mol. The maximum atomic E-state index is 12.9. The molecule has 1 aromatic heterocycles. The van der Waals surface area contributed by atoms with Crippen molar-refractivity contribution in [1.82, 2.24) is 20.0 Å². The molecular weight excluding hydrogens is 464 g/mol. The highest BCUT2D eigenvalue weighted by Crippen LogP contribution is 2.22. The van der Waals surface area contributed by atoms with E-state index in [9.17, 15) is 18.0 Å². The van der Waals surface area contributed by atoms with Gasteiger partial charge in [-0.05, 0) is 36.2 Å². The predicted octanol–water partition coefficient (Wildman–Crippen LogP) is 3.03. The summed E-state index contributed by atoms with van der Waals surface area (Å²) in [5.41, 5.74) is 3.32. The van der Waals surface area contributed by atoms with Gasteiger partial charge in [0.2, 0.25) is 0 Å². The minimum Gasteiger partial charge on any atom is -0.272 e. The van der Waals surface area contributed by atoms with E-state index in [1.807, 2.05) is 35.2 Å². The zero-order chi connectivity index (χ0) is 23.6. The zero-order valence-corrected chi connectivity index (χ0v) is 19.0. The SMILES string of the molecule is Cc1ccc(S(=O)(=O)NNC(=O)c2nn(Cc3ccccc3)c(=O)c3ccccc23)c(Cl)c1. The number of fused-ring (bicyclic) bond motifs is 1. The number of sulfonamides is 1. The van der Waals surface area contributed by atoms with E-state index in [2.05, 4.69) is 10.5 Å². The lowest BCUT2D eigenvalue weighted by atomic mass is 10.1. The molecule has 0 fully saturated rings. The van der Waals surface area contributed by atoms with Crippen molar-refractivity contribution in [3.63, 3.8) is 0 Å². The fourth-order valence-electron chi connectivity index (χ4n) is 3.32. The van der Waals surface area contributed by atoms with Crippen LogP contribution in [0.2, 0.25) is 5.02 Å². The van der Waals surface area contributed by atoms with Crippen LogP contribution in [0.5, 0.6) is 0 Å². The zero-order valence-electron chi connectivity index (χ0n) is 17.4. The topological polar surface area (TPSA) is 110 Å². The fourth-order valence-corrected chi connectivity index (χ4v) is 4.76. The molecule has 0 aliphatic heterocycles. The van der Waals surface area contributed by atoms with Crippen LogP contribution in [0.25, 0.3) is 10.8 Å². The molecule has 0 bridgehead atoms. The van der Waals surface area contributed by atoms with E-state index in [-0.39, 0.29) is 33.1 Å². The molecule has 0 aliphatic carbocycles. The average molecular weight is 483 g/mol. The number of nitrogens with one attached hydrogen (secondary N) is 2. The van der Waals surface area contributed by atoms with Crippen molar-refractivity contribution >= 4 is 38.3 Å². The van der Waals surface area contributed by atoms with Crippen LogP contribution < -0.4 is 15.8 Å². The molecule has 1 amide bonds. The first-order valence-corrected chi connectivity index (χ1v) is 11.7. The number of rotatable bonds is 6. The Bertz CT molecular complexity index is 1520. The van der Waals surface area contributed by atoms with Crippen LogP contribution in [0.15, 0.2) is 82.5 Å². The maximum absolute atomic E-state index is 12.9. The van der Waals surface area contributed by atoms with Gasteiger partial charge in [-0.3, -0.25) is 15.0 Å². The van der Waals surface area contributed by atoms with Crippen molar-refractivity contribution in [1.29, 1.82) is 0 Å². The van der Waals surface area contributed by atoms with Crippen LogP contribution in [-0.2, 0) is 16.6 Å². The molecular formula is C23H19ClN4O4S. The van der Waals surface area contributed by atoms with Crippen molar-refractivity contribution in [3.05, 3.63) is 105 Å². The Kier molecular flexibility index (Phi) is 6.28.